The quantitative estimate of drug-likeness (QED) is 0.422. The van der Waals surface area contributed by atoms with Crippen LogP contribution in [0.4, 0.5) is 5.69 Å². The van der Waals surface area contributed by atoms with Crippen molar-refractivity contribution in [3.63, 3.8) is 0 Å². The van der Waals surface area contributed by atoms with Crippen LogP contribution in [0.15, 0.2) is 77.0 Å². The van der Waals surface area contributed by atoms with Gasteiger partial charge in [-0.15, -0.1) is 11.3 Å². The molecule has 0 bridgehead atoms. The third kappa shape index (κ3) is 5.98. The number of sulfonamides is 1. The monoisotopic (exact) mass is 430 g/mol. The van der Waals surface area contributed by atoms with E-state index < -0.39 is 16.0 Å². The molecule has 0 unspecified atom stereocenters. The summed E-state index contributed by atoms with van der Waals surface area (Å²) < 4.78 is 31.7. The summed E-state index contributed by atoms with van der Waals surface area (Å²) in [5.41, 5.74) is 0.568. The van der Waals surface area contributed by atoms with Crippen LogP contribution in [-0.2, 0) is 14.8 Å². The second kappa shape index (κ2) is 9.46. The zero-order valence-electron chi connectivity index (χ0n) is 15.2. The predicted molar refractivity (Wildman–Crippen MR) is 111 cm³/mol. The molecule has 150 valence electrons. The summed E-state index contributed by atoms with van der Waals surface area (Å²) in [4.78, 5) is 24.7. The van der Waals surface area contributed by atoms with Crippen molar-refractivity contribution in [2.75, 3.05) is 11.9 Å². The molecule has 0 saturated heterocycles. The molecule has 1 heterocycles. The second-order valence-electron chi connectivity index (χ2n) is 5.89. The van der Waals surface area contributed by atoms with Gasteiger partial charge in [0.25, 0.3) is 5.91 Å². The first kappa shape index (κ1) is 20.7. The van der Waals surface area contributed by atoms with Crippen LogP contribution in [0.2, 0.25) is 0 Å². The van der Waals surface area contributed by atoms with Crippen LogP contribution >= 0.6 is 11.3 Å². The van der Waals surface area contributed by atoms with Crippen LogP contribution in [-0.4, -0.2) is 26.8 Å². The van der Waals surface area contributed by atoms with E-state index in [4.69, 9.17) is 4.74 Å². The summed E-state index contributed by atoms with van der Waals surface area (Å²) in [5.74, 6) is -0.485. The molecule has 1 amide bonds. The predicted octanol–water partition coefficient (Wildman–Crippen LogP) is 3.27. The Morgan fingerprint density at radius 3 is 2.31 bits per heavy atom. The molecular weight excluding hydrogens is 412 g/mol. The standard InChI is InChI=1S/C20H18N2O5S2/c23-19(12-13-21-29(25,26)17-5-2-1-3-6-17)27-16-10-8-15(9-11-16)22-20(24)18-7-4-14-28-18/h1-11,14,21H,12-13H2,(H,22,24). The van der Waals surface area contributed by atoms with Crippen LogP contribution in [0.5, 0.6) is 5.75 Å². The molecule has 0 atom stereocenters. The van der Waals surface area contributed by atoms with Crippen LogP contribution in [0.25, 0.3) is 0 Å². The molecule has 29 heavy (non-hydrogen) atoms. The van der Waals surface area contributed by atoms with E-state index in [1.807, 2.05) is 5.38 Å². The maximum Gasteiger partial charge on any atom is 0.312 e. The first-order valence-electron chi connectivity index (χ1n) is 8.64. The molecule has 2 aromatic carbocycles. The zero-order valence-corrected chi connectivity index (χ0v) is 16.8. The highest BCUT2D eigenvalue weighted by Gasteiger charge is 2.14. The maximum atomic E-state index is 12.1. The van der Waals surface area contributed by atoms with E-state index in [1.165, 1.54) is 23.5 Å². The van der Waals surface area contributed by atoms with Gasteiger partial charge in [0.15, 0.2) is 0 Å². The lowest BCUT2D eigenvalue weighted by atomic mass is 10.3. The van der Waals surface area contributed by atoms with Crippen LogP contribution in [0, 0.1) is 0 Å². The molecule has 0 fully saturated rings. The van der Waals surface area contributed by atoms with Gasteiger partial charge in [-0.1, -0.05) is 24.3 Å². The van der Waals surface area contributed by atoms with E-state index in [2.05, 4.69) is 10.0 Å². The van der Waals surface area contributed by atoms with Gasteiger partial charge in [0, 0.05) is 12.2 Å². The SMILES string of the molecule is O=C(CCNS(=O)(=O)c1ccccc1)Oc1ccc(NC(=O)c2cccs2)cc1. The van der Waals surface area contributed by atoms with Crippen molar-refractivity contribution in [2.45, 2.75) is 11.3 Å². The molecule has 3 rings (SSSR count). The number of thiophene rings is 1. The average molecular weight is 431 g/mol. The van der Waals surface area contributed by atoms with Crippen molar-refractivity contribution in [1.29, 1.82) is 0 Å². The smallest absolute Gasteiger partial charge is 0.312 e. The highest BCUT2D eigenvalue weighted by atomic mass is 32.2. The first-order valence-corrected chi connectivity index (χ1v) is 11.0. The largest absolute Gasteiger partial charge is 0.426 e. The van der Waals surface area contributed by atoms with Crippen molar-refractivity contribution < 1.29 is 22.7 Å². The average Bonchev–Trinajstić information content (AvgIpc) is 3.25. The normalized spacial score (nSPS) is 11.0. The lowest BCUT2D eigenvalue weighted by Gasteiger charge is -2.08. The van der Waals surface area contributed by atoms with Crippen LogP contribution in [0.1, 0.15) is 16.1 Å². The van der Waals surface area contributed by atoms with Crippen molar-refractivity contribution in [3.8, 4) is 5.75 Å². The van der Waals surface area contributed by atoms with Crippen molar-refractivity contribution in [1.82, 2.24) is 4.72 Å². The topological polar surface area (TPSA) is 102 Å². The molecule has 0 radical (unpaired) electrons. The number of hydrogen-bond donors (Lipinski definition) is 2. The number of esters is 1. The Bertz CT molecular complexity index is 1060. The fraction of sp³-hybridized carbons (Fsp3) is 0.100. The number of carbonyl (C=O) groups is 2. The number of nitrogens with one attached hydrogen (secondary N) is 2. The molecule has 0 aliphatic rings. The van der Waals surface area contributed by atoms with E-state index in [0.29, 0.717) is 16.3 Å². The van der Waals surface area contributed by atoms with E-state index >= 15 is 0 Å². The van der Waals surface area contributed by atoms with E-state index in [-0.39, 0.29) is 23.8 Å². The highest BCUT2D eigenvalue weighted by Crippen LogP contribution is 2.18. The molecular formula is C20H18N2O5S2. The Balaban J connectivity index is 1.46. The minimum absolute atomic E-state index is 0.0784. The summed E-state index contributed by atoms with van der Waals surface area (Å²) in [7, 11) is -3.66. The summed E-state index contributed by atoms with van der Waals surface area (Å²) in [6, 6.07) is 17.8. The van der Waals surface area contributed by atoms with Crippen LogP contribution < -0.4 is 14.8 Å². The second-order valence-corrected chi connectivity index (χ2v) is 8.61. The number of hydrogen-bond acceptors (Lipinski definition) is 6. The first-order chi connectivity index (χ1) is 13.9. The van der Waals surface area contributed by atoms with E-state index in [9.17, 15) is 18.0 Å². The molecule has 3 aromatic rings. The molecule has 1 aromatic heterocycles. The Morgan fingerprint density at radius 2 is 1.66 bits per heavy atom. The van der Waals surface area contributed by atoms with Crippen LogP contribution in [0.3, 0.4) is 0 Å². The molecule has 7 nitrogen and oxygen atoms in total. The number of rotatable bonds is 8. The van der Waals surface area contributed by atoms with Crippen molar-refractivity contribution in [3.05, 3.63) is 77.0 Å². The van der Waals surface area contributed by atoms with Gasteiger partial charge in [-0.3, -0.25) is 9.59 Å². The number of ether oxygens (including phenoxy) is 1. The Hall–Kier alpha value is -3.01. The van der Waals surface area contributed by atoms with Gasteiger partial charge < -0.3 is 10.1 Å². The Labute approximate surface area is 172 Å². The lowest BCUT2D eigenvalue weighted by molar-refractivity contribution is -0.134. The van der Waals surface area contributed by atoms with Gasteiger partial charge in [-0.2, -0.15) is 0 Å². The van der Waals surface area contributed by atoms with Gasteiger partial charge in [-0.25, -0.2) is 13.1 Å². The molecule has 0 aliphatic carbocycles. The zero-order chi connectivity index (χ0) is 20.7. The molecule has 2 N–H and O–H groups in total. The lowest BCUT2D eigenvalue weighted by Crippen LogP contribution is -2.27. The van der Waals surface area contributed by atoms with E-state index in [1.54, 1.807) is 54.6 Å². The minimum Gasteiger partial charge on any atom is -0.426 e. The van der Waals surface area contributed by atoms with Crippen molar-refractivity contribution in [2.24, 2.45) is 0 Å². The Morgan fingerprint density at radius 1 is 0.931 bits per heavy atom. The number of anilines is 1. The van der Waals surface area contributed by atoms with E-state index in [0.717, 1.165) is 0 Å². The molecule has 0 spiro atoms. The number of benzene rings is 2. The number of carbonyl (C=O) groups excluding carboxylic acids is 2. The summed E-state index contributed by atoms with van der Waals surface area (Å²) in [6.07, 6.45) is -0.122. The third-order valence-corrected chi connectivity index (χ3v) is 6.11. The van der Waals surface area contributed by atoms with Gasteiger partial charge >= 0.3 is 5.97 Å². The minimum atomic E-state index is -3.66. The summed E-state index contributed by atoms with van der Waals surface area (Å²) in [5, 5.41) is 4.56. The van der Waals surface area contributed by atoms with Gasteiger partial charge in [0.05, 0.1) is 16.2 Å². The summed E-state index contributed by atoms with van der Waals surface area (Å²) in [6.45, 7) is -0.0784. The maximum absolute atomic E-state index is 12.1. The summed E-state index contributed by atoms with van der Waals surface area (Å²) >= 11 is 1.34. The van der Waals surface area contributed by atoms with Crippen molar-refractivity contribution >= 4 is 38.9 Å². The Kier molecular flexibility index (Phi) is 6.76. The van der Waals surface area contributed by atoms with Gasteiger partial charge in [-0.05, 0) is 47.8 Å². The van der Waals surface area contributed by atoms with Gasteiger partial charge in [0.2, 0.25) is 10.0 Å². The fourth-order valence-corrected chi connectivity index (χ4v) is 4.03. The number of amides is 1. The van der Waals surface area contributed by atoms with Gasteiger partial charge in [0.1, 0.15) is 5.75 Å². The fourth-order valence-electron chi connectivity index (χ4n) is 2.36. The molecule has 9 heteroatoms. The highest BCUT2D eigenvalue weighted by molar-refractivity contribution is 7.89. The molecule has 0 aliphatic heterocycles. The molecule has 0 saturated carbocycles. The third-order valence-electron chi connectivity index (χ3n) is 3.76.